The summed E-state index contributed by atoms with van der Waals surface area (Å²) in [5.74, 6) is 0.585. The van der Waals surface area contributed by atoms with E-state index < -0.39 is 6.10 Å². The molecule has 0 saturated heterocycles. The van der Waals surface area contributed by atoms with Crippen molar-refractivity contribution in [2.45, 2.75) is 52.6 Å². The molecule has 0 radical (unpaired) electrons. The van der Waals surface area contributed by atoms with E-state index in [0.717, 1.165) is 0 Å². The van der Waals surface area contributed by atoms with Crippen LogP contribution in [0.4, 0.5) is 0 Å². The second kappa shape index (κ2) is 3.79. The van der Waals surface area contributed by atoms with Crippen LogP contribution in [-0.2, 0) is 4.79 Å². The van der Waals surface area contributed by atoms with Gasteiger partial charge in [0.2, 0.25) is 0 Å². The first-order valence-electron chi connectivity index (χ1n) is 5.12. The first-order valence-corrected chi connectivity index (χ1v) is 5.12. The van der Waals surface area contributed by atoms with E-state index in [1.165, 1.54) is 19.3 Å². The predicted octanol–water partition coefficient (Wildman–Crippen LogP) is 2.15. The van der Waals surface area contributed by atoms with Crippen LogP contribution in [0.2, 0.25) is 0 Å². The molecule has 1 fully saturated rings. The van der Waals surface area contributed by atoms with Gasteiger partial charge in [-0.3, -0.25) is 4.79 Å². The molecule has 13 heavy (non-hydrogen) atoms. The van der Waals surface area contributed by atoms with Crippen molar-refractivity contribution in [1.82, 2.24) is 0 Å². The van der Waals surface area contributed by atoms with Crippen molar-refractivity contribution < 1.29 is 9.90 Å². The normalized spacial score (nSPS) is 20.9. The van der Waals surface area contributed by atoms with Gasteiger partial charge in [0, 0.05) is 6.42 Å². The van der Waals surface area contributed by atoms with Crippen molar-refractivity contribution in [2.75, 3.05) is 0 Å². The van der Waals surface area contributed by atoms with E-state index in [0.29, 0.717) is 12.3 Å². The van der Waals surface area contributed by atoms with Gasteiger partial charge in [-0.2, -0.15) is 0 Å². The Balaban J connectivity index is 2.37. The lowest BCUT2D eigenvalue weighted by atomic mass is 9.78. The van der Waals surface area contributed by atoms with Crippen molar-refractivity contribution >= 4 is 5.78 Å². The zero-order chi connectivity index (χ0) is 10.1. The zero-order valence-corrected chi connectivity index (χ0v) is 8.84. The van der Waals surface area contributed by atoms with Crippen LogP contribution in [0.5, 0.6) is 0 Å². The Bertz CT molecular complexity index is 187. The van der Waals surface area contributed by atoms with Gasteiger partial charge in [-0.15, -0.1) is 0 Å². The second-order valence-electron chi connectivity index (χ2n) is 5.24. The number of rotatable bonds is 3. The molecule has 1 saturated carbocycles. The van der Waals surface area contributed by atoms with E-state index >= 15 is 0 Å². The maximum Gasteiger partial charge on any atom is 0.162 e. The number of carbonyl (C=O) groups excluding carboxylic acids is 1. The lowest BCUT2D eigenvalue weighted by molar-refractivity contribution is -0.133. The zero-order valence-electron chi connectivity index (χ0n) is 8.84. The van der Waals surface area contributed by atoms with Gasteiger partial charge in [0.05, 0.1) is 0 Å². The molecule has 1 aliphatic rings. The summed E-state index contributed by atoms with van der Waals surface area (Å²) in [6.07, 6.45) is 3.39. The topological polar surface area (TPSA) is 37.3 Å². The van der Waals surface area contributed by atoms with Gasteiger partial charge in [-0.1, -0.05) is 40.0 Å². The first kappa shape index (κ1) is 10.7. The van der Waals surface area contributed by atoms with Crippen LogP contribution in [0, 0.1) is 11.3 Å². The van der Waals surface area contributed by atoms with Gasteiger partial charge in [-0.25, -0.2) is 0 Å². The van der Waals surface area contributed by atoms with Crippen LogP contribution < -0.4 is 0 Å². The number of Topliss-reactive ketones (excluding diaryl/α,β-unsaturated/α-hetero) is 1. The highest BCUT2D eigenvalue weighted by atomic mass is 16.3. The average molecular weight is 184 g/mol. The summed E-state index contributed by atoms with van der Waals surface area (Å²) in [5, 5.41) is 9.67. The van der Waals surface area contributed by atoms with Gasteiger partial charge in [0.15, 0.2) is 5.78 Å². The summed E-state index contributed by atoms with van der Waals surface area (Å²) in [6.45, 7) is 5.70. The molecule has 0 aromatic rings. The van der Waals surface area contributed by atoms with E-state index in [4.69, 9.17) is 0 Å². The SMILES string of the molecule is CC(C)(C)[C@H](O)C(=O)CC1CCC1. The largest absolute Gasteiger partial charge is 0.385 e. The number of carbonyl (C=O) groups is 1. The maximum atomic E-state index is 11.5. The molecule has 1 rings (SSSR count). The van der Waals surface area contributed by atoms with Gasteiger partial charge in [-0.05, 0) is 11.3 Å². The summed E-state index contributed by atoms with van der Waals surface area (Å²) < 4.78 is 0. The summed E-state index contributed by atoms with van der Waals surface area (Å²) in [7, 11) is 0. The van der Waals surface area contributed by atoms with Gasteiger partial charge < -0.3 is 5.11 Å². The Hall–Kier alpha value is -0.370. The molecule has 2 heteroatoms. The molecule has 0 aliphatic heterocycles. The molecule has 0 aromatic carbocycles. The van der Waals surface area contributed by atoms with Crippen molar-refractivity contribution in [3.05, 3.63) is 0 Å². The number of aliphatic hydroxyl groups excluding tert-OH is 1. The molecule has 0 bridgehead atoms. The number of hydrogen-bond acceptors (Lipinski definition) is 2. The number of ketones is 1. The molecule has 76 valence electrons. The minimum absolute atomic E-state index is 0.0252. The molecular weight excluding hydrogens is 164 g/mol. The Labute approximate surface area is 80.3 Å². The van der Waals surface area contributed by atoms with E-state index in [-0.39, 0.29) is 11.2 Å². The summed E-state index contributed by atoms with van der Waals surface area (Å²) >= 11 is 0. The molecular formula is C11H20O2. The third-order valence-corrected chi connectivity index (χ3v) is 2.84. The lowest BCUT2D eigenvalue weighted by Crippen LogP contribution is -2.35. The Kier molecular flexibility index (Phi) is 3.12. The highest BCUT2D eigenvalue weighted by molar-refractivity contribution is 5.83. The van der Waals surface area contributed by atoms with Crippen LogP contribution in [0.15, 0.2) is 0 Å². The molecule has 1 N–H and O–H groups in total. The molecule has 0 amide bonds. The van der Waals surface area contributed by atoms with Gasteiger partial charge >= 0.3 is 0 Å². The quantitative estimate of drug-likeness (QED) is 0.729. The fourth-order valence-electron chi connectivity index (χ4n) is 1.58. The lowest BCUT2D eigenvalue weighted by Gasteiger charge is -2.29. The van der Waals surface area contributed by atoms with E-state index in [1.54, 1.807) is 0 Å². The average Bonchev–Trinajstić information content (AvgIpc) is 1.93. The first-order chi connectivity index (χ1) is 5.91. The number of aliphatic hydroxyl groups is 1. The molecule has 0 heterocycles. The fourth-order valence-corrected chi connectivity index (χ4v) is 1.58. The third kappa shape index (κ3) is 2.80. The van der Waals surface area contributed by atoms with E-state index in [1.807, 2.05) is 20.8 Å². The Morgan fingerprint density at radius 1 is 1.46 bits per heavy atom. The minimum atomic E-state index is -0.784. The van der Waals surface area contributed by atoms with Gasteiger partial charge in [0.25, 0.3) is 0 Å². The minimum Gasteiger partial charge on any atom is -0.385 e. The smallest absolute Gasteiger partial charge is 0.162 e. The Morgan fingerprint density at radius 3 is 2.31 bits per heavy atom. The predicted molar refractivity (Wildman–Crippen MR) is 52.4 cm³/mol. The van der Waals surface area contributed by atoms with Gasteiger partial charge in [0.1, 0.15) is 6.10 Å². The molecule has 0 unspecified atom stereocenters. The van der Waals surface area contributed by atoms with Crippen LogP contribution in [0.25, 0.3) is 0 Å². The van der Waals surface area contributed by atoms with Crippen molar-refractivity contribution in [3.63, 3.8) is 0 Å². The van der Waals surface area contributed by atoms with E-state index in [2.05, 4.69) is 0 Å². The standard InChI is InChI=1S/C11H20O2/c1-11(2,3)10(13)9(12)7-8-5-4-6-8/h8,10,13H,4-7H2,1-3H3/t10-/m1/s1. The third-order valence-electron chi connectivity index (χ3n) is 2.84. The fraction of sp³-hybridized carbons (Fsp3) is 0.909. The Morgan fingerprint density at radius 2 is 2.00 bits per heavy atom. The summed E-state index contributed by atoms with van der Waals surface area (Å²) in [5.41, 5.74) is -0.305. The molecule has 1 aliphatic carbocycles. The van der Waals surface area contributed by atoms with Crippen LogP contribution in [-0.4, -0.2) is 17.0 Å². The highest BCUT2D eigenvalue weighted by Gasteiger charge is 2.31. The molecule has 2 nitrogen and oxygen atoms in total. The van der Waals surface area contributed by atoms with Crippen molar-refractivity contribution in [3.8, 4) is 0 Å². The van der Waals surface area contributed by atoms with Crippen molar-refractivity contribution in [2.24, 2.45) is 11.3 Å². The van der Waals surface area contributed by atoms with Crippen LogP contribution in [0.3, 0.4) is 0 Å². The molecule has 1 atom stereocenters. The summed E-state index contributed by atoms with van der Waals surface area (Å²) in [6, 6.07) is 0. The van der Waals surface area contributed by atoms with Crippen molar-refractivity contribution in [1.29, 1.82) is 0 Å². The summed E-state index contributed by atoms with van der Waals surface area (Å²) in [4.78, 5) is 11.5. The van der Waals surface area contributed by atoms with E-state index in [9.17, 15) is 9.90 Å². The highest BCUT2D eigenvalue weighted by Crippen LogP contribution is 2.31. The van der Waals surface area contributed by atoms with Crippen LogP contribution >= 0.6 is 0 Å². The maximum absolute atomic E-state index is 11.5. The number of hydrogen-bond donors (Lipinski definition) is 1. The monoisotopic (exact) mass is 184 g/mol. The van der Waals surface area contributed by atoms with Crippen LogP contribution in [0.1, 0.15) is 46.5 Å². The molecule has 0 spiro atoms. The second-order valence-corrected chi connectivity index (χ2v) is 5.24. The molecule has 0 aromatic heterocycles.